The average Bonchev–Trinajstić information content (AvgIpc) is 3.05. The first-order valence-electron chi connectivity index (χ1n) is 9.12. The fourth-order valence-corrected chi connectivity index (χ4v) is 3.82. The lowest BCUT2D eigenvalue weighted by atomic mass is 9.83. The van der Waals surface area contributed by atoms with Crippen molar-refractivity contribution in [3.8, 4) is 0 Å². The van der Waals surface area contributed by atoms with Crippen molar-refractivity contribution in [1.82, 2.24) is 9.97 Å². The minimum absolute atomic E-state index is 0.309. The van der Waals surface area contributed by atoms with Crippen molar-refractivity contribution in [2.24, 2.45) is 5.92 Å². The molecule has 1 aliphatic carbocycles. The number of hydrogen-bond acceptors (Lipinski definition) is 4. The van der Waals surface area contributed by atoms with Crippen LogP contribution in [-0.2, 0) is 4.74 Å². The van der Waals surface area contributed by atoms with Gasteiger partial charge in [-0.15, -0.1) is 0 Å². The molecule has 0 aromatic carbocycles. The third-order valence-electron chi connectivity index (χ3n) is 4.91. The molecule has 1 saturated carbocycles. The number of carbonyl (C=O) groups excluding carboxylic acids is 1. The second-order valence-corrected chi connectivity index (χ2v) is 6.67. The number of pyridine rings is 1. The van der Waals surface area contributed by atoms with Gasteiger partial charge < -0.3 is 15.0 Å². The van der Waals surface area contributed by atoms with Crippen LogP contribution in [0, 0.1) is 5.92 Å². The molecule has 0 bridgehead atoms. The van der Waals surface area contributed by atoms with E-state index in [1.54, 1.807) is 6.20 Å². The smallest absolute Gasteiger partial charge is 0.341 e. The molecule has 0 amide bonds. The second kappa shape index (κ2) is 7.69. The lowest BCUT2D eigenvalue weighted by Crippen LogP contribution is -2.28. The third-order valence-corrected chi connectivity index (χ3v) is 4.91. The standard InChI is InChI=1S/C19H27N3O2/c1-3-6-13-7-5-8-14(11-13)22-17-15-9-10-20-18(15)21-12-16(17)19(23)24-4-2/h9-10,12-14H,3-8,11H2,1-2H3,(H2,20,21,22)/t13-,14-/m1/s1. The molecule has 0 radical (unpaired) electrons. The molecule has 0 saturated heterocycles. The van der Waals surface area contributed by atoms with Crippen molar-refractivity contribution in [2.75, 3.05) is 11.9 Å². The number of ether oxygens (including phenoxy) is 1. The van der Waals surface area contributed by atoms with Crippen molar-refractivity contribution >= 4 is 22.7 Å². The Kier molecular flexibility index (Phi) is 5.38. The maximum Gasteiger partial charge on any atom is 0.341 e. The van der Waals surface area contributed by atoms with E-state index in [1.807, 2.05) is 19.2 Å². The zero-order chi connectivity index (χ0) is 16.9. The monoisotopic (exact) mass is 329 g/mol. The molecular formula is C19H27N3O2. The fourth-order valence-electron chi connectivity index (χ4n) is 3.82. The van der Waals surface area contributed by atoms with Gasteiger partial charge in [-0.3, -0.25) is 0 Å². The molecule has 0 aliphatic heterocycles. The van der Waals surface area contributed by atoms with E-state index in [0.29, 0.717) is 18.2 Å². The number of aromatic amines is 1. The Labute approximate surface area is 143 Å². The second-order valence-electron chi connectivity index (χ2n) is 6.67. The lowest BCUT2D eigenvalue weighted by molar-refractivity contribution is 0.0527. The van der Waals surface area contributed by atoms with E-state index < -0.39 is 0 Å². The molecule has 2 atom stereocenters. The number of esters is 1. The van der Waals surface area contributed by atoms with Gasteiger partial charge in [0.25, 0.3) is 0 Å². The van der Waals surface area contributed by atoms with Crippen LogP contribution in [0.5, 0.6) is 0 Å². The molecule has 2 heterocycles. The van der Waals surface area contributed by atoms with Crippen LogP contribution in [0.4, 0.5) is 5.69 Å². The van der Waals surface area contributed by atoms with E-state index in [-0.39, 0.29) is 5.97 Å². The number of hydrogen-bond donors (Lipinski definition) is 2. The summed E-state index contributed by atoms with van der Waals surface area (Å²) >= 11 is 0. The molecule has 2 N–H and O–H groups in total. The Bertz CT molecular complexity index is 693. The van der Waals surface area contributed by atoms with E-state index in [1.165, 1.54) is 32.1 Å². The van der Waals surface area contributed by atoms with Crippen LogP contribution in [0.25, 0.3) is 11.0 Å². The molecule has 2 aromatic heterocycles. The zero-order valence-corrected chi connectivity index (χ0v) is 14.6. The molecule has 5 nitrogen and oxygen atoms in total. The molecular weight excluding hydrogens is 302 g/mol. The van der Waals surface area contributed by atoms with Gasteiger partial charge in [0.15, 0.2) is 0 Å². The number of nitrogens with one attached hydrogen (secondary N) is 2. The Balaban J connectivity index is 1.87. The van der Waals surface area contributed by atoms with Crippen molar-refractivity contribution in [2.45, 2.75) is 58.4 Å². The number of carbonyl (C=O) groups is 1. The number of aromatic nitrogens is 2. The van der Waals surface area contributed by atoms with Crippen molar-refractivity contribution in [3.63, 3.8) is 0 Å². The summed E-state index contributed by atoms with van der Waals surface area (Å²) in [6, 6.07) is 2.38. The van der Waals surface area contributed by atoms with Gasteiger partial charge in [-0.05, 0) is 31.7 Å². The molecule has 3 rings (SSSR count). The third kappa shape index (κ3) is 3.55. The van der Waals surface area contributed by atoms with Crippen LogP contribution in [0.15, 0.2) is 18.5 Å². The summed E-state index contributed by atoms with van der Waals surface area (Å²) in [5.41, 5.74) is 2.19. The van der Waals surface area contributed by atoms with E-state index in [9.17, 15) is 4.79 Å². The van der Waals surface area contributed by atoms with Gasteiger partial charge in [-0.2, -0.15) is 0 Å². The molecule has 2 aromatic rings. The van der Waals surface area contributed by atoms with E-state index in [4.69, 9.17) is 4.74 Å². The van der Waals surface area contributed by atoms with E-state index in [2.05, 4.69) is 22.2 Å². The summed E-state index contributed by atoms with van der Waals surface area (Å²) in [5, 5.41) is 4.60. The van der Waals surface area contributed by atoms with Gasteiger partial charge in [0.2, 0.25) is 0 Å². The Hall–Kier alpha value is -2.04. The van der Waals surface area contributed by atoms with Crippen LogP contribution in [0.3, 0.4) is 0 Å². The van der Waals surface area contributed by atoms with Gasteiger partial charge >= 0.3 is 5.97 Å². The van der Waals surface area contributed by atoms with Crippen LogP contribution >= 0.6 is 0 Å². The predicted octanol–water partition coefficient (Wildman–Crippen LogP) is 4.51. The Morgan fingerprint density at radius 2 is 2.29 bits per heavy atom. The Morgan fingerprint density at radius 3 is 3.08 bits per heavy atom. The highest BCUT2D eigenvalue weighted by Gasteiger charge is 2.24. The summed E-state index contributed by atoms with van der Waals surface area (Å²) in [6.45, 7) is 4.44. The lowest BCUT2D eigenvalue weighted by Gasteiger charge is -2.31. The minimum atomic E-state index is -0.309. The van der Waals surface area contributed by atoms with Crippen LogP contribution in [0.2, 0.25) is 0 Å². The first-order chi connectivity index (χ1) is 11.7. The van der Waals surface area contributed by atoms with Gasteiger partial charge in [-0.1, -0.05) is 32.6 Å². The number of H-pyrrole nitrogens is 1. The predicted molar refractivity (Wildman–Crippen MR) is 96.3 cm³/mol. The summed E-state index contributed by atoms with van der Waals surface area (Å²) in [4.78, 5) is 19.8. The van der Waals surface area contributed by atoms with Crippen molar-refractivity contribution < 1.29 is 9.53 Å². The normalized spacial score (nSPS) is 20.9. The van der Waals surface area contributed by atoms with Gasteiger partial charge in [0.05, 0.1) is 12.3 Å². The number of rotatable bonds is 6. The van der Waals surface area contributed by atoms with Crippen LogP contribution in [-0.4, -0.2) is 28.6 Å². The maximum atomic E-state index is 12.3. The summed E-state index contributed by atoms with van der Waals surface area (Å²) in [5.74, 6) is 0.479. The minimum Gasteiger partial charge on any atom is -0.462 e. The number of nitrogens with zero attached hydrogens (tertiary/aromatic N) is 1. The number of fused-ring (bicyclic) bond motifs is 1. The van der Waals surface area contributed by atoms with Crippen molar-refractivity contribution in [1.29, 1.82) is 0 Å². The summed E-state index contributed by atoms with van der Waals surface area (Å²) in [7, 11) is 0. The molecule has 0 spiro atoms. The largest absolute Gasteiger partial charge is 0.462 e. The van der Waals surface area contributed by atoms with Crippen LogP contribution in [0.1, 0.15) is 62.7 Å². The molecule has 1 aliphatic rings. The van der Waals surface area contributed by atoms with Gasteiger partial charge in [-0.25, -0.2) is 9.78 Å². The molecule has 1 fully saturated rings. The van der Waals surface area contributed by atoms with E-state index in [0.717, 1.165) is 29.1 Å². The van der Waals surface area contributed by atoms with Crippen molar-refractivity contribution in [3.05, 3.63) is 24.0 Å². The topological polar surface area (TPSA) is 67.0 Å². The molecule has 0 unspecified atom stereocenters. The molecule has 130 valence electrons. The molecule has 24 heavy (non-hydrogen) atoms. The summed E-state index contributed by atoms with van der Waals surface area (Å²) < 4.78 is 5.21. The number of anilines is 1. The maximum absolute atomic E-state index is 12.3. The zero-order valence-electron chi connectivity index (χ0n) is 14.6. The fraction of sp³-hybridized carbons (Fsp3) is 0.579. The average molecular weight is 329 g/mol. The first-order valence-corrected chi connectivity index (χ1v) is 9.12. The molecule has 5 heteroatoms. The van der Waals surface area contributed by atoms with Gasteiger partial charge in [0.1, 0.15) is 11.2 Å². The van der Waals surface area contributed by atoms with E-state index >= 15 is 0 Å². The quantitative estimate of drug-likeness (QED) is 0.765. The highest BCUT2D eigenvalue weighted by atomic mass is 16.5. The SMILES string of the molecule is CCC[C@@H]1CCC[C@@H](Nc2c(C(=O)OCC)cnc3[nH]ccc23)C1. The highest BCUT2D eigenvalue weighted by molar-refractivity contribution is 6.04. The highest BCUT2D eigenvalue weighted by Crippen LogP contribution is 2.33. The van der Waals surface area contributed by atoms with Gasteiger partial charge in [0, 0.05) is 23.8 Å². The first kappa shape index (κ1) is 16.8. The van der Waals surface area contributed by atoms with Crippen LogP contribution < -0.4 is 5.32 Å². The Morgan fingerprint density at radius 1 is 1.42 bits per heavy atom. The summed E-state index contributed by atoms with van der Waals surface area (Å²) in [6.07, 6.45) is 10.9.